The third-order valence-corrected chi connectivity index (χ3v) is 4.24. The van der Waals surface area contributed by atoms with Gasteiger partial charge in [-0.05, 0) is 43.5 Å². The summed E-state index contributed by atoms with van der Waals surface area (Å²) in [4.78, 5) is 4.41. The number of nitrogens with zero attached hydrogens (tertiary/aromatic N) is 2. The summed E-state index contributed by atoms with van der Waals surface area (Å²) in [6.45, 7) is 1.72. The third kappa shape index (κ3) is 3.13. The van der Waals surface area contributed by atoms with Gasteiger partial charge in [-0.3, -0.25) is 0 Å². The van der Waals surface area contributed by atoms with Crippen LogP contribution in [-0.4, -0.2) is 15.7 Å². The molecule has 1 aromatic heterocycles. The first-order valence-corrected chi connectivity index (χ1v) is 7.44. The lowest BCUT2D eigenvalue weighted by Crippen LogP contribution is -2.43. The first kappa shape index (κ1) is 14.2. The molecule has 0 amide bonds. The summed E-state index contributed by atoms with van der Waals surface area (Å²) in [6, 6.07) is 4.81. The highest BCUT2D eigenvalue weighted by molar-refractivity contribution is 5.55. The van der Waals surface area contributed by atoms with E-state index in [9.17, 15) is 4.39 Å². The number of nitrogens with two attached hydrogens (primary N) is 1. The van der Waals surface area contributed by atoms with Gasteiger partial charge in [0.15, 0.2) is 0 Å². The van der Waals surface area contributed by atoms with E-state index in [1.165, 1.54) is 12.5 Å². The summed E-state index contributed by atoms with van der Waals surface area (Å²) in [5.74, 6) is 0.828. The maximum atomic E-state index is 13.3. The fourth-order valence-corrected chi connectivity index (χ4v) is 2.96. The second kappa shape index (κ2) is 5.56. The first-order chi connectivity index (χ1) is 10.1. The Morgan fingerprint density at radius 3 is 2.76 bits per heavy atom. The lowest BCUT2D eigenvalue weighted by Gasteiger charge is -2.31. The molecular formula is C16H20FN3O. The van der Waals surface area contributed by atoms with Gasteiger partial charge in [0.25, 0.3) is 0 Å². The van der Waals surface area contributed by atoms with E-state index in [4.69, 9.17) is 10.3 Å². The van der Waals surface area contributed by atoms with Crippen molar-refractivity contribution in [3.63, 3.8) is 0 Å². The smallest absolute Gasteiger partial charge is 0.228 e. The zero-order valence-electron chi connectivity index (χ0n) is 12.2. The average molecular weight is 289 g/mol. The normalized spacial score (nSPS) is 17.9. The molecule has 112 valence electrons. The topological polar surface area (TPSA) is 64.9 Å². The largest absolute Gasteiger partial charge is 0.339 e. The van der Waals surface area contributed by atoms with Crippen LogP contribution in [0.25, 0.3) is 11.4 Å². The van der Waals surface area contributed by atoms with Gasteiger partial charge in [-0.1, -0.05) is 24.4 Å². The van der Waals surface area contributed by atoms with Crippen LogP contribution in [0.2, 0.25) is 0 Å². The van der Waals surface area contributed by atoms with Gasteiger partial charge in [0, 0.05) is 17.5 Å². The van der Waals surface area contributed by atoms with E-state index < -0.39 is 0 Å². The van der Waals surface area contributed by atoms with Gasteiger partial charge in [-0.2, -0.15) is 4.98 Å². The van der Waals surface area contributed by atoms with Crippen LogP contribution in [0.5, 0.6) is 0 Å². The maximum Gasteiger partial charge on any atom is 0.228 e. The molecule has 1 heterocycles. The fraction of sp³-hybridized carbons (Fsp3) is 0.500. The summed E-state index contributed by atoms with van der Waals surface area (Å²) in [7, 11) is 0. The Labute approximate surface area is 123 Å². The van der Waals surface area contributed by atoms with Gasteiger partial charge in [0.2, 0.25) is 11.7 Å². The van der Waals surface area contributed by atoms with E-state index in [0.29, 0.717) is 23.7 Å². The molecule has 0 bridgehead atoms. The molecule has 2 N–H and O–H groups in total. The van der Waals surface area contributed by atoms with Crippen molar-refractivity contribution >= 4 is 0 Å². The van der Waals surface area contributed by atoms with Gasteiger partial charge in [-0.25, -0.2) is 4.39 Å². The van der Waals surface area contributed by atoms with Gasteiger partial charge < -0.3 is 10.3 Å². The number of hydrogen-bond acceptors (Lipinski definition) is 4. The van der Waals surface area contributed by atoms with Crippen molar-refractivity contribution in [2.24, 2.45) is 5.73 Å². The van der Waals surface area contributed by atoms with Gasteiger partial charge in [0.1, 0.15) is 5.82 Å². The molecule has 1 fully saturated rings. The number of aromatic nitrogens is 2. The highest BCUT2D eigenvalue weighted by atomic mass is 19.1. The van der Waals surface area contributed by atoms with Gasteiger partial charge >= 0.3 is 0 Å². The molecule has 0 radical (unpaired) electrons. The van der Waals surface area contributed by atoms with Crippen LogP contribution in [0.1, 0.15) is 43.6 Å². The zero-order chi connectivity index (χ0) is 14.9. The minimum absolute atomic E-state index is 0.221. The van der Waals surface area contributed by atoms with Crippen molar-refractivity contribution in [1.82, 2.24) is 10.1 Å². The van der Waals surface area contributed by atoms with Crippen LogP contribution in [0.4, 0.5) is 4.39 Å². The monoisotopic (exact) mass is 289 g/mol. The Morgan fingerprint density at radius 2 is 2.05 bits per heavy atom. The van der Waals surface area contributed by atoms with Crippen molar-refractivity contribution in [3.05, 3.63) is 35.5 Å². The molecule has 0 atom stereocenters. The predicted octanol–water partition coefficient (Wildman–Crippen LogP) is 3.39. The van der Waals surface area contributed by atoms with E-state index in [1.807, 2.05) is 0 Å². The van der Waals surface area contributed by atoms with Crippen molar-refractivity contribution in [2.75, 3.05) is 0 Å². The van der Waals surface area contributed by atoms with Crippen LogP contribution >= 0.6 is 0 Å². The second-order valence-corrected chi connectivity index (χ2v) is 6.08. The molecule has 1 aromatic carbocycles. The van der Waals surface area contributed by atoms with Crippen molar-refractivity contribution < 1.29 is 8.91 Å². The lowest BCUT2D eigenvalue weighted by molar-refractivity contribution is 0.261. The first-order valence-electron chi connectivity index (χ1n) is 7.44. The van der Waals surface area contributed by atoms with E-state index in [1.54, 1.807) is 19.1 Å². The molecule has 0 saturated heterocycles. The molecule has 0 spiro atoms. The highest BCUT2D eigenvalue weighted by Gasteiger charge is 2.30. The summed E-state index contributed by atoms with van der Waals surface area (Å²) in [6.07, 6.45) is 6.19. The highest BCUT2D eigenvalue weighted by Crippen LogP contribution is 2.29. The molecule has 1 saturated carbocycles. The van der Waals surface area contributed by atoms with Crippen LogP contribution in [-0.2, 0) is 6.42 Å². The van der Waals surface area contributed by atoms with Crippen LogP contribution in [0, 0.1) is 12.7 Å². The molecule has 1 aliphatic carbocycles. The molecule has 3 rings (SSSR count). The number of aryl methyl sites for hydroxylation is 1. The van der Waals surface area contributed by atoms with Crippen molar-refractivity contribution in [3.8, 4) is 11.4 Å². The molecule has 0 aliphatic heterocycles. The number of halogens is 1. The Morgan fingerprint density at radius 1 is 1.29 bits per heavy atom. The summed E-state index contributed by atoms with van der Waals surface area (Å²) in [5.41, 5.74) is 7.52. The summed E-state index contributed by atoms with van der Waals surface area (Å²) < 4.78 is 18.6. The number of hydrogen-bond donors (Lipinski definition) is 1. The average Bonchev–Trinajstić information content (AvgIpc) is 2.90. The molecule has 21 heavy (non-hydrogen) atoms. The van der Waals surface area contributed by atoms with E-state index in [0.717, 1.165) is 31.2 Å². The Kier molecular flexibility index (Phi) is 3.76. The van der Waals surface area contributed by atoms with Crippen molar-refractivity contribution in [1.29, 1.82) is 0 Å². The minimum atomic E-state index is -0.231. The van der Waals surface area contributed by atoms with Crippen LogP contribution in [0.15, 0.2) is 22.7 Å². The zero-order valence-corrected chi connectivity index (χ0v) is 12.2. The number of benzene rings is 1. The summed E-state index contributed by atoms with van der Waals surface area (Å²) in [5, 5.41) is 3.99. The third-order valence-electron chi connectivity index (χ3n) is 4.24. The van der Waals surface area contributed by atoms with Gasteiger partial charge in [0.05, 0.1) is 0 Å². The Balaban J connectivity index is 1.78. The van der Waals surface area contributed by atoms with E-state index in [-0.39, 0.29) is 11.4 Å². The van der Waals surface area contributed by atoms with Gasteiger partial charge in [-0.15, -0.1) is 0 Å². The minimum Gasteiger partial charge on any atom is -0.339 e. The molecule has 2 aromatic rings. The summed E-state index contributed by atoms with van der Waals surface area (Å²) >= 11 is 0. The Bertz CT molecular complexity index is 632. The second-order valence-electron chi connectivity index (χ2n) is 6.08. The standard InChI is InChI=1S/C16H20FN3O/c1-11-9-12(5-6-13(11)17)15-19-14(21-20-15)10-16(18)7-3-2-4-8-16/h5-6,9H,2-4,7-8,10,18H2,1H3. The van der Waals surface area contributed by atoms with Crippen LogP contribution < -0.4 is 5.73 Å². The lowest BCUT2D eigenvalue weighted by atomic mass is 9.80. The molecule has 1 aliphatic rings. The van der Waals surface area contributed by atoms with E-state index in [2.05, 4.69) is 10.1 Å². The molecular weight excluding hydrogens is 269 g/mol. The molecule has 5 heteroatoms. The Hall–Kier alpha value is -1.75. The predicted molar refractivity (Wildman–Crippen MR) is 78.1 cm³/mol. The quantitative estimate of drug-likeness (QED) is 0.940. The fourth-order valence-electron chi connectivity index (χ4n) is 2.96. The van der Waals surface area contributed by atoms with Crippen LogP contribution in [0.3, 0.4) is 0 Å². The molecule has 4 nitrogen and oxygen atoms in total. The maximum absolute atomic E-state index is 13.3. The SMILES string of the molecule is Cc1cc(-c2noc(CC3(N)CCCCC3)n2)ccc1F. The van der Waals surface area contributed by atoms with E-state index >= 15 is 0 Å². The number of rotatable bonds is 3. The van der Waals surface area contributed by atoms with Crippen molar-refractivity contribution in [2.45, 2.75) is 51.0 Å². The molecule has 0 unspecified atom stereocenters.